The zero-order valence-corrected chi connectivity index (χ0v) is 8.47. The molecule has 0 bridgehead atoms. The Balaban J connectivity index is 1.93. The van der Waals surface area contributed by atoms with Crippen LogP contribution in [0, 0.1) is 0 Å². The number of nitrogens with zero attached hydrogens (tertiary/aromatic N) is 3. The first-order chi connectivity index (χ1) is 7.25. The topological polar surface area (TPSA) is 70.2 Å². The van der Waals surface area contributed by atoms with Crippen molar-refractivity contribution in [2.24, 2.45) is 0 Å². The molecular weight excluding hydrogens is 194 g/mol. The molecule has 15 heavy (non-hydrogen) atoms. The van der Waals surface area contributed by atoms with Crippen molar-refractivity contribution in [1.82, 2.24) is 20.4 Å². The number of anilines is 1. The highest BCUT2D eigenvalue weighted by molar-refractivity contribution is 5.94. The molecule has 1 aromatic rings. The average molecular weight is 207 g/mol. The van der Waals surface area contributed by atoms with Crippen molar-refractivity contribution in [1.29, 1.82) is 0 Å². The maximum atomic E-state index is 11.7. The minimum atomic E-state index is -0.169. The van der Waals surface area contributed by atoms with Gasteiger partial charge in [0.1, 0.15) is 6.04 Å². The fraction of sp³-hybridized carbons (Fsp3) is 0.444. The predicted octanol–water partition coefficient (Wildman–Crippen LogP) is -0.376. The molecule has 6 nitrogen and oxygen atoms in total. The highest BCUT2D eigenvalue weighted by Crippen LogP contribution is 2.06. The number of amides is 1. The van der Waals surface area contributed by atoms with E-state index in [0.29, 0.717) is 5.82 Å². The molecule has 6 heteroatoms. The van der Waals surface area contributed by atoms with E-state index in [2.05, 4.69) is 20.7 Å². The van der Waals surface area contributed by atoms with Gasteiger partial charge in [-0.3, -0.25) is 9.78 Å². The number of carbonyl (C=O) groups excluding carboxylic acids is 1. The fourth-order valence-corrected chi connectivity index (χ4v) is 1.48. The third-order valence-corrected chi connectivity index (χ3v) is 2.26. The van der Waals surface area contributed by atoms with Crippen LogP contribution in [0.1, 0.15) is 6.42 Å². The summed E-state index contributed by atoms with van der Waals surface area (Å²) in [5.74, 6) is 0.415. The van der Waals surface area contributed by atoms with Gasteiger partial charge >= 0.3 is 0 Å². The van der Waals surface area contributed by atoms with Gasteiger partial charge in [0.05, 0.1) is 6.20 Å². The van der Waals surface area contributed by atoms with E-state index in [1.807, 2.05) is 12.1 Å². The van der Waals surface area contributed by atoms with Crippen molar-refractivity contribution < 1.29 is 4.79 Å². The number of rotatable bonds is 2. The summed E-state index contributed by atoms with van der Waals surface area (Å²) in [5, 5.41) is 4.61. The molecule has 1 saturated heterocycles. The van der Waals surface area contributed by atoms with Crippen LogP contribution >= 0.6 is 0 Å². The lowest BCUT2D eigenvalue weighted by molar-refractivity contribution is -0.118. The molecule has 1 amide bonds. The van der Waals surface area contributed by atoms with Crippen LogP contribution in [0.3, 0.4) is 0 Å². The van der Waals surface area contributed by atoms with Crippen molar-refractivity contribution in [2.45, 2.75) is 12.5 Å². The average Bonchev–Trinajstić information content (AvgIpc) is 2.66. The molecule has 1 aliphatic rings. The van der Waals surface area contributed by atoms with Crippen LogP contribution in [0.2, 0.25) is 0 Å². The molecule has 0 saturated carbocycles. The number of aromatic nitrogens is 2. The van der Waals surface area contributed by atoms with Gasteiger partial charge in [-0.15, -0.1) is 0 Å². The molecule has 2 heterocycles. The normalized spacial score (nSPS) is 21.5. The highest BCUT2D eigenvalue weighted by atomic mass is 16.2. The zero-order valence-electron chi connectivity index (χ0n) is 8.47. The van der Waals surface area contributed by atoms with E-state index < -0.39 is 0 Å². The Bertz CT molecular complexity index is 342. The van der Waals surface area contributed by atoms with Crippen molar-refractivity contribution in [3.63, 3.8) is 0 Å². The molecule has 0 aromatic carbocycles. The molecule has 1 aromatic heterocycles. The maximum Gasteiger partial charge on any atom is 0.244 e. The summed E-state index contributed by atoms with van der Waals surface area (Å²) in [4.78, 5) is 19.5. The SMILES string of the molecule is CN1CCC(C(=O)Nc2cnccn2)N1. The largest absolute Gasteiger partial charge is 0.308 e. The van der Waals surface area contributed by atoms with Crippen LogP contribution in [0.15, 0.2) is 18.6 Å². The Kier molecular flexibility index (Phi) is 2.89. The molecule has 80 valence electrons. The van der Waals surface area contributed by atoms with Gasteiger partial charge in [-0.2, -0.15) is 0 Å². The summed E-state index contributed by atoms with van der Waals surface area (Å²) in [6, 6.07) is -0.169. The molecule has 0 spiro atoms. The minimum absolute atomic E-state index is 0.0696. The summed E-state index contributed by atoms with van der Waals surface area (Å²) in [7, 11) is 1.91. The molecule has 1 fully saturated rings. The van der Waals surface area contributed by atoms with Crippen LogP contribution in [-0.4, -0.2) is 40.5 Å². The van der Waals surface area contributed by atoms with E-state index in [-0.39, 0.29) is 11.9 Å². The van der Waals surface area contributed by atoms with E-state index in [4.69, 9.17) is 0 Å². The second-order valence-electron chi connectivity index (χ2n) is 3.47. The first-order valence-corrected chi connectivity index (χ1v) is 4.80. The lowest BCUT2D eigenvalue weighted by atomic mass is 10.2. The van der Waals surface area contributed by atoms with Crippen LogP contribution in [0.25, 0.3) is 0 Å². The van der Waals surface area contributed by atoms with Crippen LogP contribution in [0.4, 0.5) is 5.82 Å². The smallest absolute Gasteiger partial charge is 0.244 e. The van der Waals surface area contributed by atoms with Crippen LogP contribution in [-0.2, 0) is 4.79 Å². The van der Waals surface area contributed by atoms with Gasteiger partial charge in [0, 0.05) is 26.0 Å². The minimum Gasteiger partial charge on any atom is -0.308 e. The third-order valence-electron chi connectivity index (χ3n) is 2.26. The number of nitrogens with one attached hydrogen (secondary N) is 2. The second-order valence-corrected chi connectivity index (χ2v) is 3.47. The number of hydrogen-bond acceptors (Lipinski definition) is 5. The van der Waals surface area contributed by atoms with Gasteiger partial charge in [0.25, 0.3) is 0 Å². The standard InChI is InChI=1S/C9H13N5O/c1-14-5-2-7(13-14)9(15)12-8-6-10-3-4-11-8/h3-4,6-7,13H,2,5H2,1H3,(H,11,12,15). The number of carbonyl (C=O) groups is 1. The maximum absolute atomic E-state index is 11.7. The lowest BCUT2D eigenvalue weighted by Crippen LogP contribution is -2.40. The van der Waals surface area contributed by atoms with E-state index in [0.717, 1.165) is 13.0 Å². The monoisotopic (exact) mass is 207 g/mol. The summed E-state index contributed by atoms with van der Waals surface area (Å²) in [5.41, 5.74) is 3.05. The van der Waals surface area contributed by atoms with Gasteiger partial charge in [0.2, 0.25) is 5.91 Å². The summed E-state index contributed by atoms with van der Waals surface area (Å²) in [6.45, 7) is 0.874. The Morgan fingerprint density at radius 1 is 1.67 bits per heavy atom. The molecule has 0 aliphatic carbocycles. The van der Waals surface area contributed by atoms with Crippen molar-refractivity contribution in [3.8, 4) is 0 Å². The van der Waals surface area contributed by atoms with Crippen molar-refractivity contribution in [2.75, 3.05) is 18.9 Å². The Morgan fingerprint density at radius 2 is 2.53 bits per heavy atom. The van der Waals surface area contributed by atoms with Crippen LogP contribution < -0.4 is 10.7 Å². The molecule has 2 N–H and O–H groups in total. The summed E-state index contributed by atoms with van der Waals surface area (Å²) >= 11 is 0. The van der Waals surface area contributed by atoms with E-state index in [1.165, 1.54) is 6.20 Å². The molecule has 1 atom stereocenters. The first kappa shape index (κ1) is 10.0. The Hall–Kier alpha value is -1.53. The summed E-state index contributed by atoms with van der Waals surface area (Å²) in [6.07, 6.45) is 5.44. The van der Waals surface area contributed by atoms with E-state index in [1.54, 1.807) is 12.4 Å². The zero-order chi connectivity index (χ0) is 10.7. The second kappa shape index (κ2) is 4.33. The third kappa shape index (κ3) is 2.48. The predicted molar refractivity (Wildman–Crippen MR) is 54.8 cm³/mol. The van der Waals surface area contributed by atoms with Gasteiger partial charge in [-0.1, -0.05) is 0 Å². The highest BCUT2D eigenvalue weighted by Gasteiger charge is 2.25. The Morgan fingerprint density at radius 3 is 3.13 bits per heavy atom. The van der Waals surface area contributed by atoms with Gasteiger partial charge < -0.3 is 5.32 Å². The quantitative estimate of drug-likeness (QED) is 0.692. The summed E-state index contributed by atoms with van der Waals surface area (Å²) < 4.78 is 0. The Labute approximate surface area is 87.7 Å². The van der Waals surface area contributed by atoms with E-state index >= 15 is 0 Å². The van der Waals surface area contributed by atoms with Gasteiger partial charge in [-0.25, -0.2) is 15.4 Å². The van der Waals surface area contributed by atoms with Crippen molar-refractivity contribution >= 4 is 11.7 Å². The van der Waals surface area contributed by atoms with E-state index in [9.17, 15) is 4.79 Å². The molecule has 1 aliphatic heterocycles. The lowest BCUT2D eigenvalue weighted by Gasteiger charge is -2.12. The molecule has 1 unspecified atom stereocenters. The van der Waals surface area contributed by atoms with Gasteiger partial charge in [-0.05, 0) is 6.42 Å². The molecule has 0 radical (unpaired) electrons. The van der Waals surface area contributed by atoms with Crippen molar-refractivity contribution in [3.05, 3.63) is 18.6 Å². The number of hydrazine groups is 1. The first-order valence-electron chi connectivity index (χ1n) is 4.80. The molecule has 2 rings (SSSR count). The number of hydrogen-bond donors (Lipinski definition) is 2. The van der Waals surface area contributed by atoms with Gasteiger partial charge in [0.15, 0.2) is 5.82 Å². The van der Waals surface area contributed by atoms with Crippen LogP contribution in [0.5, 0.6) is 0 Å². The fourth-order valence-electron chi connectivity index (χ4n) is 1.48. The molecular formula is C9H13N5O.